The molecule has 4 nitrogen and oxygen atoms in total. The number of benzene rings is 3. The van der Waals surface area contributed by atoms with Gasteiger partial charge >= 0.3 is 0 Å². The van der Waals surface area contributed by atoms with E-state index in [0.717, 1.165) is 10.5 Å². The van der Waals surface area contributed by atoms with Crippen molar-refractivity contribution >= 4 is 17.7 Å². The van der Waals surface area contributed by atoms with Crippen molar-refractivity contribution in [2.75, 3.05) is 21.3 Å². The summed E-state index contributed by atoms with van der Waals surface area (Å²) >= 11 is 1.45. The Morgan fingerprint density at radius 2 is 1.63 bits per heavy atom. The number of rotatable bonds is 8. The number of carbonyl (C=O) groups excluding carboxylic acids is 1. The van der Waals surface area contributed by atoms with Crippen LogP contribution in [0.5, 0.6) is 11.5 Å². The Morgan fingerprint density at radius 3 is 2.37 bits per heavy atom. The predicted molar refractivity (Wildman–Crippen MR) is 118 cm³/mol. The lowest BCUT2D eigenvalue weighted by Crippen LogP contribution is -2.27. The summed E-state index contributed by atoms with van der Waals surface area (Å²) in [5, 5.41) is 0. The molecule has 0 saturated carbocycles. The zero-order valence-corrected chi connectivity index (χ0v) is 18.0. The van der Waals surface area contributed by atoms with E-state index in [1.165, 1.54) is 17.8 Å². The predicted octanol–water partition coefficient (Wildman–Crippen LogP) is 5.41. The molecule has 3 aromatic carbocycles. The van der Waals surface area contributed by atoms with Crippen molar-refractivity contribution in [3.8, 4) is 11.5 Å². The fourth-order valence-corrected chi connectivity index (χ4v) is 4.18. The van der Waals surface area contributed by atoms with Crippen LogP contribution in [-0.4, -0.2) is 32.1 Å². The van der Waals surface area contributed by atoms with Crippen LogP contribution in [0.15, 0.2) is 71.6 Å². The summed E-state index contributed by atoms with van der Waals surface area (Å²) in [7, 11) is 4.91. The SMILES string of the molecule is COc1cccc(CN(C)C(=O)c2ccccc2SCc2ccccc2F)c1OC. The average Bonchev–Trinajstić information content (AvgIpc) is 2.78. The number of ether oxygens (including phenoxy) is 2. The third kappa shape index (κ3) is 4.94. The number of nitrogens with zero attached hydrogens (tertiary/aromatic N) is 1. The van der Waals surface area contributed by atoms with Crippen LogP contribution < -0.4 is 9.47 Å². The topological polar surface area (TPSA) is 38.8 Å². The maximum absolute atomic E-state index is 13.9. The summed E-state index contributed by atoms with van der Waals surface area (Å²) < 4.78 is 24.8. The van der Waals surface area contributed by atoms with Gasteiger partial charge in [0, 0.05) is 29.8 Å². The zero-order chi connectivity index (χ0) is 21.5. The number of hydrogen-bond acceptors (Lipinski definition) is 4. The van der Waals surface area contributed by atoms with E-state index < -0.39 is 0 Å². The van der Waals surface area contributed by atoms with Crippen LogP contribution >= 0.6 is 11.8 Å². The fraction of sp³-hybridized carbons (Fsp3) is 0.208. The number of para-hydroxylation sites is 1. The first kappa shape index (κ1) is 21.7. The van der Waals surface area contributed by atoms with Gasteiger partial charge in [0.15, 0.2) is 11.5 Å². The van der Waals surface area contributed by atoms with Gasteiger partial charge < -0.3 is 14.4 Å². The molecule has 0 atom stereocenters. The van der Waals surface area contributed by atoms with Gasteiger partial charge in [-0.05, 0) is 29.8 Å². The van der Waals surface area contributed by atoms with Crippen molar-refractivity contribution in [3.05, 3.63) is 89.2 Å². The Kier molecular flexibility index (Phi) is 7.36. The summed E-state index contributed by atoms with van der Waals surface area (Å²) in [6.07, 6.45) is 0. The van der Waals surface area contributed by atoms with Gasteiger partial charge in [-0.3, -0.25) is 4.79 Å². The first-order valence-corrected chi connectivity index (χ1v) is 10.4. The molecule has 3 rings (SSSR count). The van der Waals surface area contributed by atoms with Gasteiger partial charge in [0.25, 0.3) is 5.91 Å². The third-order valence-corrected chi connectivity index (χ3v) is 5.82. The maximum Gasteiger partial charge on any atom is 0.255 e. The first-order valence-electron chi connectivity index (χ1n) is 9.45. The smallest absolute Gasteiger partial charge is 0.255 e. The molecular formula is C24H24FNO3S. The van der Waals surface area contributed by atoms with E-state index in [-0.39, 0.29) is 11.7 Å². The number of halogens is 1. The number of hydrogen-bond donors (Lipinski definition) is 0. The Morgan fingerprint density at radius 1 is 0.933 bits per heavy atom. The van der Waals surface area contributed by atoms with Crippen LogP contribution in [0.2, 0.25) is 0 Å². The lowest BCUT2D eigenvalue weighted by atomic mass is 10.1. The highest BCUT2D eigenvalue weighted by molar-refractivity contribution is 7.98. The van der Waals surface area contributed by atoms with Crippen LogP contribution in [0.3, 0.4) is 0 Å². The summed E-state index contributed by atoms with van der Waals surface area (Å²) in [5.41, 5.74) is 2.05. The molecule has 0 aliphatic heterocycles. The van der Waals surface area contributed by atoms with E-state index in [4.69, 9.17) is 9.47 Å². The minimum atomic E-state index is -0.240. The van der Waals surface area contributed by atoms with E-state index in [1.54, 1.807) is 44.4 Å². The lowest BCUT2D eigenvalue weighted by Gasteiger charge is -2.21. The molecule has 30 heavy (non-hydrogen) atoms. The van der Waals surface area contributed by atoms with E-state index >= 15 is 0 Å². The second-order valence-electron chi connectivity index (χ2n) is 6.69. The van der Waals surface area contributed by atoms with Gasteiger partial charge in [-0.2, -0.15) is 0 Å². The van der Waals surface area contributed by atoms with Crippen LogP contribution in [0.4, 0.5) is 4.39 Å². The molecule has 1 amide bonds. The molecule has 156 valence electrons. The molecule has 0 spiro atoms. The molecule has 0 heterocycles. The highest BCUT2D eigenvalue weighted by Crippen LogP contribution is 2.32. The van der Waals surface area contributed by atoms with Crippen molar-refractivity contribution in [1.82, 2.24) is 4.90 Å². The summed E-state index contributed by atoms with van der Waals surface area (Å²) in [5.74, 6) is 1.33. The van der Waals surface area contributed by atoms with E-state index in [0.29, 0.717) is 34.9 Å². The monoisotopic (exact) mass is 425 g/mol. The van der Waals surface area contributed by atoms with Crippen LogP contribution in [0.25, 0.3) is 0 Å². The number of methoxy groups -OCH3 is 2. The fourth-order valence-electron chi connectivity index (χ4n) is 3.15. The van der Waals surface area contributed by atoms with Gasteiger partial charge in [0.05, 0.1) is 19.8 Å². The maximum atomic E-state index is 13.9. The molecule has 0 saturated heterocycles. The van der Waals surface area contributed by atoms with Crippen molar-refractivity contribution in [2.24, 2.45) is 0 Å². The second-order valence-corrected chi connectivity index (χ2v) is 7.71. The van der Waals surface area contributed by atoms with E-state index in [9.17, 15) is 9.18 Å². The van der Waals surface area contributed by atoms with Crippen molar-refractivity contribution in [3.63, 3.8) is 0 Å². The summed E-state index contributed by atoms with van der Waals surface area (Å²) in [4.78, 5) is 15.6. The Balaban J connectivity index is 1.78. The third-order valence-electron chi connectivity index (χ3n) is 4.70. The standard InChI is InChI=1S/C24H24FNO3S/c1-26(15-17-10-8-13-21(28-2)23(17)29-3)24(27)19-11-5-7-14-22(19)30-16-18-9-4-6-12-20(18)25/h4-14H,15-16H2,1-3H3. The molecule has 0 aliphatic carbocycles. The van der Waals surface area contributed by atoms with Gasteiger partial charge in [-0.15, -0.1) is 11.8 Å². The Bertz CT molecular complexity index is 1020. The molecule has 6 heteroatoms. The number of amides is 1. The van der Waals surface area contributed by atoms with Crippen LogP contribution in [0.1, 0.15) is 21.5 Å². The molecule has 0 bridgehead atoms. The minimum Gasteiger partial charge on any atom is -0.493 e. The molecule has 0 unspecified atom stereocenters. The Hall–Kier alpha value is -2.99. The first-order chi connectivity index (χ1) is 14.5. The zero-order valence-electron chi connectivity index (χ0n) is 17.2. The van der Waals surface area contributed by atoms with Gasteiger partial charge in [0.1, 0.15) is 5.82 Å². The molecule has 0 aromatic heterocycles. The molecule has 0 N–H and O–H groups in total. The average molecular weight is 426 g/mol. The van der Waals surface area contributed by atoms with Crippen LogP contribution in [0, 0.1) is 5.82 Å². The van der Waals surface area contributed by atoms with Gasteiger partial charge in [-0.25, -0.2) is 4.39 Å². The van der Waals surface area contributed by atoms with Gasteiger partial charge in [-0.1, -0.05) is 42.5 Å². The van der Waals surface area contributed by atoms with Crippen LogP contribution in [-0.2, 0) is 12.3 Å². The van der Waals surface area contributed by atoms with Gasteiger partial charge in [0.2, 0.25) is 0 Å². The second kappa shape index (κ2) is 10.2. The Labute approximate surface area is 180 Å². The summed E-state index contributed by atoms with van der Waals surface area (Å²) in [6, 6.07) is 19.7. The van der Waals surface area contributed by atoms with E-state index in [2.05, 4.69) is 0 Å². The lowest BCUT2D eigenvalue weighted by molar-refractivity contribution is 0.0780. The largest absolute Gasteiger partial charge is 0.493 e. The molecular weight excluding hydrogens is 401 g/mol. The van der Waals surface area contributed by atoms with Crippen molar-refractivity contribution in [1.29, 1.82) is 0 Å². The quantitative estimate of drug-likeness (QED) is 0.453. The van der Waals surface area contributed by atoms with Crippen molar-refractivity contribution < 1.29 is 18.7 Å². The number of carbonyl (C=O) groups is 1. The normalized spacial score (nSPS) is 10.5. The highest BCUT2D eigenvalue weighted by Gasteiger charge is 2.19. The minimum absolute atomic E-state index is 0.114. The molecule has 0 aliphatic rings. The number of thioether (sulfide) groups is 1. The molecule has 3 aromatic rings. The highest BCUT2D eigenvalue weighted by atomic mass is 32.2. The molecule has 0 fully saturated rings. The van der Waals surface area contributed by atoms with E-state index in [1.807, 2.05) is 42.5 Å². The summed E-state index contributed by atoms with van der Waals surface area (Å²) in [6.45, 7) is 0.367. The van der Waals surface area contributed by atoms with Crippen molar-refractivity contribution in [2.45, 2.75) is 17.2 Å². The molecule has 0 radical (unpaired) electrons.